The number of anilines is 1. The Morgan fingerprint density at radius 1 is 1.19 bits per heavy atom. The van der Waals surface area contributed by atoms with Gasteiger partial charge in [-0.2, -0.15) is 0 Å². The molecule has 0 radical (unpaired) electrons. The van der Waals surface area contributed by atoms with Crippen molar-refractivity contribution in [1.82, 2.24) is 0 Å². The fourth-order valence-electron chi connectivity index (χ4n) is 1.91. The average Bonchev–Trinajstić information content (AvgIpc) is 2.50. The summed E-state index contributed by atoms with van der Waals surface area (Å²) in [5.41, 5.74) is 2.06. The van der Waals surface area contributed by atoms with E-state index in [0.717, 1.165) is 20.6 Å². The predicted octanol–water partition coefficient (Wildman–Crippen LogP) is 4.02. The van der Waals surface area contributed by atoms with Gasteiger partial charge in [-0.3, -0.25) is 0 Å². The van der Waals surface area contributed by atoms with Crippen LogP contribution in [0.3, 0.4) is 0 Å². The van der Waals surface area contributed by atoms with Gasteiger partial charge in [-0.25, -0.2) is 0 Å². The molecular weight excluding hydrogens is 381 g/mol. The van der Waals surface area contributed by atoms with E-state index >= 15 is 0 Å². The molecule has 0 atom stereocenters. The van der Waals surface area contributed by atoms with Crippen molar-refractivity contribution in [2.75, 3.05) is 19.0 Å². The number of hydrogen-bond donors (Lipinski definition) is 2. The fraction of sp³-hybridized carbons (Fsp3) is 0.250. The third kappa shape index (κ3) is 4.17. The summed E-state index contributed by atoms with van der Waals surface area (Å²) in [4.78, 5) is 0. The molecule has 5 heteroatoms. The maximum atomic E-state index is 9.93. The molecule has 2 rings (SSSR count). The average molecular weight is 399 g/mol. The molecule has 2 N–H and O–H groups in total. The SMILES string of the molecule is CCOc1cc(CNc2ccc(OC)cc2)cc(I)c1O. The third-order valence-electron chi connectivity index (χ3n) is 2.97. The lowest BCUT2D eigenvalue weighted by molar-refractivity contribution is 0.317. The lowest BCUT2D eigenvalue weighted by atomic mass is 10.2. The van der Waals surface area contributed by atoms with Crippen LogP contribution in [0, 0.1) is 3.57 Å². The van der Waals surface area contributed by atoms with E-state index in [4.69, 9.17) is 9.47 Å². The Labute approximate surface area is 138 Å². The van der Waals surface area contributed by atoms with E-state index < -0.39 is 0 Å². The summed E-state index contributed by atoms with van der Waals surface area (Å²) in [6.45, 7) is 3.08. The van der Waals surface area contributed by atoms with Gasteiger partial charge in [0.05, 0.1) is 17.3 Å². The molecule has 0 heterocycles. The van der Waals surface area contributed by atoms with E-state index in [-0.39, 0.29) is 5.75 Å². The minimum atomic E-state index is 0.200. The Kier molecular flexibility index (Phi) is 5.55. The van der Waals surface area contributed by atoms with Crippen LogP contribution < -0.4 is 14.8 Å². The highest BCUT2D eigenvalue weighted by molar-refractivity contribution is 14.1. The molecule has 0 unspecified atom stereocenters. The summed E-state index contributed by atoms with van der Waals surface area (Å²) in [5, 5.41) is 13.3. The number of benzene rings is 2. The van der Waals surface area contributed by atoms with E-state index in [1.807, 2.05) is 43.3 Å². The number of aromatic hydroxyl groups is 1. The van der Waals surface area contributed by atoms with Crippen LogP contribution in [0.1, 0.15) is 12.5 Å². The maximum absolute atomic E-state index is 9.93. The van der Waals surface area contributed by atoms with Crippen LogP contribution in [-0.2, 0) is 6.54 Å². The summed E-state index contributed by atoms with van der Waals surface area (Å²) in [6, 6.07) is 11.6. The summed E-state index contributed by atoms with van der Waals surface area (Å²) in [6.07, 6.45) is 0. The molecule has 0 aliphatic carbocycles. The number of hydrogen-bond acceptors (Lipinski definition) is 4. The Hall–Kier alpha value is -1.63. The van der Waals surface area contributed by atoms with E-state index in [1.54, 1.807) is 7.11 Å². The maximum Gasteiger partial charge on any atom is 0.171 e. The minimum Gasteiger partial charge on any atom is -0.504 e. The Balaban J connectivity index is 2.08. The number of methoxy groups -OCH3 is 1. The van der Waals surface area contributed by atoms with Gasteiger partial charge in [0.2, 0.25) is 0 Å². The van der Waals surface area contributed by atoms with Gasteiger partial charge < -0.3 is 19.9 Å². The molecule has 0 bridgehead atoms. The molecule has 0 aromatic heterocycles. The second-order valence-corrected chi connectivity index (χ2v) is 5.60. The number of rotatable bonds is 6. The predicted molar refractivity (Wildman–Crippen MR) is 92.3 cm³/mol. The molecule has 0 amide bonds. The molecule has 0 spiro atoms. The molecule has 0 saturated heterocycles. The standard InChI is InChI=1S/C16H18INO3/c1-3-21-15-9-11(8-14(17)16(15)19)10-18-12-4-6-13(20-2)7-5-12/h4-9,18-19H,3,10H2,1-2H3. The first kappa shape index (κ1) is 15.8. The molecule has 0 aliphatic rings. The fourth-order valence-corrected chi connectivity index (χ4v) is 2.57. The molecule has 4 nitrogen and oxygen atoms in total. The van der Waals surface area contributed by atoms with Crippen molar-refractivity contribution < 1.29 is 14.6 Å². The van der Waals surface area contributed by atoms with Crippen LogP contribution in [0.2, 0.25) is 0 Å². The molecule has 0 aliphatic heterocycles. The first-order valence-corrected chi connectivity index (χ1v) is 7.74. The van der Waals surface area contributed by atoms with Gasteiger partial charge in [-0.1, -0.05) is 0 Å². The van der Waals surface area contributed by atoms with Crippen molar-refractivity contribution in [3.63, 3.8) is 0 Å². The summed E-state index contributed by atoms with van der Waals surface area (Å²) < 4.78 is 11.4. The van der Waals surface area contributed by atoms with Gasteiger partial charge in [0, 0.05) is 12.2 Å². The zero-order chi connectivity index (χ0) is 15.2. The second kappa shape index (κ2) is 7.40. The lowest BCUT2D eigenvalue weighted by Gasteiger charge is -2.12. The molecule has 21 heavy (non-hydrogen) atoms. The highest BCUT2D eigenvalue weighted by Gasteiger charge is 2.09. The van der Waals surface area contributed by atoms with Crippen LogP contribution in [-0.4, -0.2) is 18.8 Å². The molecule has 2 aromatic carbocycles. The zero-order valence-corrected chi connectivity index (χ0v) is 14.2. The van der Waals surface area contributed by atoms with Gasteiger partial charge in [-0.05, 0) is 71.5 Å². The molecule has 0 saturated carbocycles. The summed E-state index contributed by atoms with van der Waals surface area (Å²) in [5.74, 6) is 1.56. The second-order valence-electron chi connectivity index (χ2n) is 4.44. The smallest absolute Gasteiger partial charge is 0.171 e. The zero-order valence-electron chi connectivity index (χ0n) is 12.0. The summed E-state index contributed by atoms with van der Waals surface area (Å²) >= 11 is 2.10. The molecule has 0 fully saturated rings. The Bertz CT molecular complexity index is 599. The van der Waals surface area contributed by atoms with Crippen molar-refractivity contribution in [3.8, 4) is 17.2 Å². The number of phenols is 1. The van der Waals surface area contributed by atoms with Crippen molar-refractivity contribution in [1.29, 1.82) is 0 Å². The van der Waals surface area contributed by atoms with Crippen molar-refractivity contribution >= 4 is 28.3 Å². The Morgan fingerprint density at radius 3 is 2.52 bits per heavy atom. The van der Waals surface area contributed by atoms with E-state index in [9.17, 15) is 5.11 Å². The highest BCUT2D eigenvalue weighted by atomic mass is 127. The lowest BCUT2D eigenvalue weighted by Crippen LogP contribution is -2.01. The van der Waals surface area contributed by atoms with E-state index in [0.29, 0.717) is 18.9 Å². The van der Waals surface area contributed by atoms with Crippen LogP contribution in [0.5, 0.6) is 17.2 Å². The monoisotopic (exact) mass is 399 g/mol. The van der Waals surface area contributed by atoms with Crippen molar-refractivity contribution in [2.24, 2.45) is 0 Å². The number of nitrogens with one attached hydrogen (secondary N) is 1. The number of halogens is 1. The van der Waals surface area contributed by atoms with Gasteiger partial charge in [0.1, 0.15) is 5.75 Å². The third-order valence-corrected chi connectivity index (χ3v) is 3.80. The first-order valence-electron chi connectivity index (χ1n) is 6.66. The summed E-state index contributed by atoms with van der Waals surface area (Å²) in [7, 11) is 1.65. The van der Waals surface area contributed by atoms with Crippen LogP contribution in [0.15, 0.2) is 36.4 Å². The van der Waals surface area contributed by atoms with Gasteiger partial charge >= 0.3 is 0 Å². The largest absolute Gasteiger partial charge is 0.504 e. The van der Waals surface area contributed by atoms with Crippen LogP contribution in [0.4, 0.5) is 5.69 Å². The van der Waals surface area contributed by atoms with Gasteiger partial charge in [0.15, 0.2) is 11.5 Å². The molecule has 112 valence electrons. The van der Waals surface area contributed by atoms with E-state index in [1.165, 1.54) is 0 Å². The normalized spacial score (nSPS) is 10.2. The van der Waals surface area contributed by atoms with Gasteiger partial charge in [-0.15, -0.1) is 0 Å². The minimum absolute atomic E-state index is 0.200. The van der Waals surface area contributed by atoms with Gasteiger partial charge in [0.25, 0.3) is 0 Å². The van der Waals surface area contributed by atoms with Crippen molar-refractivity contribution in [2.45, 2.75) is 13.5 Å². The van der Waals surface area contributed by atoms with E-state index in [2.05, 4.69) is 27.9 Å². The number of phenolic OH excluding ortho intramolecular Hbond substituents is 1. The Morgan fingerprint density at radius 2 is 1.90 bits per heavy atom. The van der Waals surface area contributed by atoms with Crippen LogP contribution in [0.25, 0.3) is 0 Å². The quantitative estimate of drug-likeness (QED) is 0.721. The molecule has 2 aromatic rings. The van der Waals surface area contributed by atoms with Crippen molar-refractivity contribution in [3.05, 3.63) is 45.5 Å². The first-order chi connectivity index (χ1) is 10.1. The van der Waals surface area contributed by atoms with Crippen LogP contribution >= 0.6 is 22.6 Å². The highest BCUT2D eigenvalue weighted by Crippen LogP contribution is 2.33. The number of ether oxygens (including phenoxy) is 2. The molecular formula is C16H18INO3. The topological polar surface area (TPSA) is 50.7 Å².